The number of aromatic nitrogens is 1. The fourth-order valence-electron chi connectivity index (χ4n) is 14.2. The number of rotatable bonds is 6. The molecule has 7 heteroatoms. The van der Waals surface area contributed by atoms with Gasteiger partial charge in [0.1, 0.15) is 6.10 Å². The van der Waals surface area contributed by atoms with E-state index < -0.39 is 11.9 Å². The summed E-state index contributed by atoms with van der Waals surface area (Å²) >= 11 is 0. The van der Waals surface area contributed by atoms with Crippen molar-refractivity contribution >= 4 is 17.8 Å². The first kappa shape index (κ1) is 35.7. The number of hydrogen-bond donors (Lipinski definition) is 2. The smallest absolute Gasteiger partial charge is 0.309 e. The van der Waals surface area contributed by atoms with E-state index in [2.05, 4.69) is 58.4 Å². The summed E-state index contributed by atoms with van der Waals surface area (Å²) in [6.45, 7) is 19.3. The summed E-state index contributed by atoms with van der Waals surface area (Å²) in [6, 6.07) is 3.65. The Labute approximate surface area is 300 Å². The molecule has 7 rings (SSSR count). The van der Waals surface area contributed by atoms with Gasteiger partial charge in [0.05, 0.1) is 11.8 Å². The number of allylic oxidation sites excluding steroid dienone is 1. The quantitative estimate of drug-likeness (QED) is 0.229. The Morgan fingerprint density at radius 2 is 1.56 bits per heavy atom. The molecule has 0 spiro atoms. The first-order valence-electron chi connectivity index (χ1n) is 19.9. The number of amides is 1. The second kappa shape index (κ2) is 12.5. The van der Waals surface area contributed by atoms with Crippen molar-refractivity contribution in [3.63, 3.8) is 0 Å². The number of aliphatic carboxylic acids is 1. The second-order valence-electron chi connectivity index (χ2n) is 19.2. The Bertz CT molecular complexity index is 1520. The third-order valence-electron chi connectivity index (χ3n) is 16.9. The van der Waals surface area contributed by atoms with Crippen LogP contribution in [0.25, 0.3) is 0 Å². The first-order valence-corrected chi connectivity index (χ1v) is 19.9. The number of carbonyl (C=O) groups excluding carboxylic acids is 2. The van der Waals surface area contributed by atoms with E-state index in [9.17, 15) is 19.5 Å². The average molecular weight is 687 g/mol. The van der Waals surface area contributed by atoms with Crippen LogP contribution in [0.15, 0.2) is 36.7 Å². The molecule has 6 aliphatic carbocycles. The zero-order valence-electron chi connectivity index (χ0n) is 31.6. The summed E-state index contributed by atoms with van der Waals surface area (Å²) in [5.74, 6) is 0.709. The number of nitrogens with zero attached hydrogens (tertiary/aromatic N) is 1. The molecule has 0 aliphatic heterocycles. The van der Waals surface area contributed by atoms with Crippen molar-refractivity contribution in [1.29, 1.82) is 0 Å². The molecule has 1 aromatic heterocycles. The number of pyridine rings is 1. The number of hydrogen-bond acceptors (Lipinski definition) is 5. The Morgan fingerprint density at radius 1 is 0.840 bits per heavy atom. The van der Waals surface area contributed by atoms with Crippen LogP contribution in [0.4, 0.5) is 0 Å². The van der Waals surface area contributed by atoms with E-state index >= 15 is 0 Å². The van der Waals surface area contributed by atoms with Crippen LogP contribution < -0.4 is 5.32 Å². The molecule has 6 aliphatic rings. The van der Waals surface area contributed by atoms with E-state index in [0.717, 1.165) is 57.8 Å². The predicted molar refractivity (Wildman–Crippen MR) is 194 cm³/mol. The number of carboxylic acids is 1. The summed E-state index contributed by atoms with van der Waals surface area (Å²) in [5, 5.41) is 13.3. The van der Waals surface area contributed by atoms with Gasteiger partial charge in [-0.15, -0.1) is 0 Å². The van der Waals surface area contributed by atoms with Gasteiger partial charge in [-0.25, -0.2) is 0 Å². The Kier molecular flexibility index (Phi) is 8.90. The monoisotopic (exact) mass is 686 g/mol. The third-order valence-corrected chi connectivity index (χ3v) is 16.9. The molecule has 6 saturated carbocycles. The molecule has 7 nitrogen and oxygen atoms in total. The zero-order valence-corrected chi connectivity index (χ0v) is 31.6. The SMILES string of the molecule is C=C(C)[C@@H]1CC[C@]2(NC(=O)c3ccncc3)CC[C@]3(C)[C@H](CC[C@@H]4[C@@]5(C)CC[C@H](OC(=O)C6CCC[C@@H](C(=O)O)C6)C(C)(C)[C@@H]5CC[C@]43C)[C@@H]12. The van der Waals surface area contributed by atoms with Crippen molar-refractivity contribution in [3.05, 3.63) is 42.2 Å². The molecule has 2 N–H and O–H groups in total. The van der Waals surface area contributed by atoms with Gasteiger partial charge < -0.3 is 15.2 Å². The molecule has 0 radical (unpaired) electrons. The number of nitrogens with one attached hydrogen (secondary N) is 1. The Hall–Kier alpha value is -2.70. The minimum atomic E-state index is -0.786. The molecule has 50 heavy (non-hydrogen) atoms. The van der Waals surface area contributed by atoms with Crippen LogP contribution >= 0.6 is 0 Å². The van der Waals surface area contributed by atoms with Gasteiger partial charge in [-0.3, -0.25) is 19.4 Å². The van der Waals surface area contributed by atoms with Crippen LogP contribution in [-0.4, -0.2) is 39.6 Å². The molecule has 1 heterocycles. The summed E-state index contributed by atoms with van der Waals surface area (Å²) < 4.78 is 6.41. The highest BCUT2D eigenvalue weighted by Gasteiger charge is 2.71. The lowest BCUT2D eigenvalue weighted by Crippen LogP contribution is -2.69. The molecule has 0 bridgehead atoms. The first-order chi connectivity index (χ1) is 23.6. The molecular formula is C43H62N2O5. The highest BCUT2D eigenvalue weighted by Crippen LogP contribution is 2.76. The van der Waals surface area contributed by atoms with Crippen LogP contribution in [-0.2, 0) is 14.3 Å². The molecule has 274 valence electrons. The maximum atomic E-state index is 13.7. The molecule has 1 amide bonds. The minimum Gasteiger partial charge on any atom is -0.481 e. The lowest BCUT2D eigenvalue weighted by Gasteiger charge is -2.73. The van der Waals surface area contributed by atoms with E-state index in [0.29, 0.717) is 48.0 Å². The van der Waals surface area contributed by atoms with E-state index in [1.807, 2.05) is 12.1 Å². The molecule has 6 fully saturated rings. The van der Waals surface area contributed by atoms with Crippen molar-refractivity contribution < 1.29 is 24.2 Å². The third kappa shape index (κ3) is 5.32. The summed E-state index contributed by atoms with van der Waals surface area (Å²) in [6.07, 6.45) is 16.7. The van der Waals surface area contributed by atoms with E-state index in [4.69, 9.17) is 4.74 Å². The van der Waals surface area contributed by atoms with Gasteiger partial charge in [0, 0.05) is 28.9 Å². The molecule has 1 aromatic rings. The van der Waals surface area contributed by atoms with Crippen LogP contribution in [0.1, 0.15) is 142 Å². The second-order valence-corrected chi connectivity index (χ2v) is 19.2. The number of carboxylic acid groups (broad SMARTS) is 1. The van der Waals surface area contributed by atoms with Crippen molar-refractivity contribution in [3.8, 4) is 0 Å². The summed E-state index contributed by atoms with van der Waals surface area (Å²) in [4.78, 5) is 43.1. The van der Waals surface area contributed by atoms with E-state index in [1.54, 1.807) is 12.4 Å². The maximum absolute atomic E-state index is 13.7. The van der Waals surface area contributed by atoms with Crippen molar-refractivity contribution in [2.24, 2.45) is 63.1 Å². The Balaban J connectivity index is 1.13. The van der Waals surface area contributed by atoms with Crippen LogP contribution in [0.5, 0.6) is 0 Å². The van der Waals surface area contributed by atoms with Gasteiger partial charge in [0.2, 0.25) is 0 Å². The maximum Gasteiger partial charge on any atom is 0.309 e. The molecule has 12 atom stereocenters. The Morgan fingerprint density at radius 3 is 2.26 bits per heavy atom. The minimum absolute atomic E-state index is 0.0289. The number of esters is 1. The topological polar surface area (TPSA) is 106 Å². The predicted octanol–water partition coefficient (Wildman–Crippen LogP) is 9.02. The van der Waals surface area contributed by atoms with Crippen LogP contribution in [0.2, 0.25) is 0 Å². The highest BCUT2D eigenvalue weighted by atomic mass is 16.5. The van der Waals surface area contributed by atoms with Gasteiger partial charge in [-0.2, -0.15) is 0 Å². The van der Waals surface area contributed by atoms with Crippen molar-refractivity contribution in [2.75, 3.05) is 0 Å². The van der Waals surface area contributed by atoms with Gasteiger partial charge in [-0.05, 0) is 148 Å². The summed E-state index contributed by atoms with van der Waals surface area (Å²) in [7, 11) is 0. The zero-order chi connectivity index (χ0) is 35.9. The standard InChI is InChI=1S/C43H62N2O5/c1-26(2)30-13-20-43(45-36(46)27-16-23-44-24-17-27)22-21-41(6)31(35(30)43)11-12-33-40(5)18-15-34(39(3,4)32(40)14-19-42(33,41)7)50-38(49)29-10-8-9-28(25-29)37(47)48/h16-17,23-24,28-35H,1,8-15,18-22,25H2,2-7H3,(H,45,46)(H,47,48)/t28-,29?,30+,31-,32+,33-,34+,35-,40+,41-,42-,43+/m1/s1. The average Bonchev–Trinajstić information content (AvgIpc) is 3.46. The van der Waals surface area contributed by atoms with Crippen LogP contribution in [0.3, 0.4) is 0 Å². The fraction of sp³-hybridized carbons (Fsp3) is 0.767. The van der Waals surface area contributed by atoms with Crippen molar-refractivity contribution in [1.82, 2.24) is 10.3 Å². The highest BCUT2D eigenvalue weighted by molar-refractivity contribution is 5.94. The van der Waals surface area contributed by atoms with E-state index in [-0.39, 0.29) is 51.1 Å². The lowest BCUT2D eigenvalue weighted by atomic mass is 9.32. The number of ether oxygens (including phenoxy) is 1. The van der Waals surface area contributed by atoms with Gasteiger partial charge in [0.25, 0.3) is 5.91 Å². The number of carbonyl (C=O) groups is 3. The normalized spacial score (nSPS) is 44.8. The largest absolute Gasteiger partial charge is 0.481 e. The molecule has 0 aromatic carbocycles. The van der Waals surface area contributed by atoms with Gasteiger partial charge in [0.15, 0.2) is 0 Å². The lowest BCUT2D eigenvalue weighted by molar-refractivity contribution is -0.246. The van der Waals surface area contributed by atoms with Gasteiger partial charge in [-0.1, -0.05) is 53.2 Å². The van der Waals surface area contributed by atoms with Crippen LogP contribution in [0, 0.1) is 63.1 Å². The van der Waals surface area contributed by atoms with E-state index in [1.165, 1.54) is 24.8 Å². The molecular weight excluding hydrogens is 624 g/mol. The fourth-order valence-corrected chi connectivity index (χ4v) is 14.2. The molecule has 0 saturated heterocycles. The molecule has 1 unspecified atom stereocenters. The number of fused-ring (bicyclic) bond motifs is 7. The summed E-state index contributed by atoms with van der Waals surface area (Å²) in [5.41, 5.74) is 2.09. The van der Waals surface area contributed by atoms with Gasteiger partial charge >= 0.3 is 11.9 Å². The van der Waals surface area contributed by atoms with Crippen molar-refractivity contribution in [2.45, 2.75) is 143 Å².